The molecular formula is C33H38N5S2+. The van der Waals surface area contributed by atoms with Gasteiger partial charge in [-0.25, -0.2) is 0 Å². The lowest BCUT2D eigenvalue weighted by atomic mass is 10.1. The summed E-state index contributed by atoms with van der Waals surface area (Å²) in [6.07, 6.45) is 12.3. The Balaban J connectivity index is 0.000000905. The van der Waals surface area contributed by atoms with Crippen molar-refractivity contribution in [2.45, 2.75) is 64.8 Å². The highest BCUT2D eigenvalue weighted by Gasteiger charge is 2.34. The maximum atomic E-state index is 4.48. The largest absolute Gasteiger partial charge is 0.330 e. The number of anilines is 4. The standard InChI is InChI=1S/C30H32N5S2.C3H6/c1-21(33-23-9-5-7-11-27(23)36-29-13-15-31-17-25(29)33)19-35(3,4)20-22(2)34-24-10-6-8-12-28(24)37-30-14-16-32-18-26(30)34;1-2-3-1/h5-18,21-22H,19-20H2,1-4H3;1-3H2/q+1;. The normalized spacial score (nSPS) is 16.4. The van der Waals surface area contributed by atoms with Crippen LogP contribution < -0.4 is 9.80 Å². The third-order valence-electron chi connectivity index (χ3n) is 7.48. The summed E-state index contributed by atoms with van der Waals surface area (Å²) in [4.78, 5) is 19.1. The number of fused-ring (bicyclic) bond motifs is 4. The SMILES string of the molecule is C1CC1.CC(C[N+](C)(C)CC(C)N1c2ccccc2Sc2ccncc21)N1c2ccccc2Sc2ccncc21. The van der Waals surface area contributed by atoms with E-state index in [9.17, 15) is 0 Å². The van der Waals surface area contributed by atoms with Crippen molar-refractivity contribution >= 4 is 46.3 Å². The second-order valence-electron chi connectivity index (χ2n) is 11.6. The van der Waals surface area contributed by atoms with E-state index in [1.165, 1.54) is 61.6 Å². The van der Waals surface area contributed by atoms with Gasteiger partial charge in [0.15, 0.2) is 0 Å². The van der Waals surface area contributed by atoms with E-state index in [0.717, 1.165) is 17.6 Å². The lowest BCUT2D eigenvalue weighted by Gasteiger charge is -2.44. The summed E-state index contributed by atoms with van der Waals surface area (Å²) < 4.78 is 0.894. The van der Waals surface area contributed by atoms with Gasteiger partial charge in [-0.3, -0.25) is 9.97 Å². The number of pyridine rings is 2. The smallest absolute Gasteiger partial charge is 0.0991 e. The molecule has 3 aliphatic rings. The molecule has 1 fully saturated rings. The minimum Gasteiger partial charge on any atom is -0.330 e. The highest BCUT2D eigenvalue weighted by Crippen LogP contribution is 2.50. The molecule has 1 saturated carbocycles. The Morgan fingerprint density at radius 3 is 1.45 bits per heavy atom. The lowest BCUT2D eigenvalue weighted by Crippen LogP contribution is -2.54. The predicted octanol–water partition coefficient (Wildman–Crippen LogP) is 8.41. The van der Waals surface area contributed by atoms with Gasteiger partial charge in [0, 0.05) is 32.0 Å². The Hall–Kier alpha value is -3.00. The lowest BCUT2D eigenvalue weighted by molar-refractivity contribution is -0.891. The van der Waals surface area contributed by atoms with Crippen molar-refractivity contribution in [3.8, 4) is 0 Å². The summed E-state index contributed by atoms with van der Waals surface area (Å²) in [5.74, 6) is 0. The van der Waals surface area contributed by atoms with Crippen LogP contribution in [-0.2, 0) is 0 Å². The van der Waals surface area contributed by atoms with E-state index >= 15 is 0 Å². The van der Waals surface area contributed by atoms with Crippen molar-refractivity contribution in [3.05, 3.63) is 85.5 Å². The average Bonchev–Trinajstić information content (AvgIpc) is 3.84. The van der Waals surface area contributed by atoms with Crippen molar-refractivity contribution in [2.24, 2.45) is 0 Å². The minimum absolute atomic E-state index is 0.297. The molecule has 7 heteroatoms. The monoisotopic (exact) mass is 568 g/mol. The molecule has 0 N–H and O–H groups in total. The van der Waals surface area contributed by atoms with E-state index in [-0.39, 0.29) is 0 Å². The van der Waals surface area contributed by atoms with Gasteiger partial charge in [0.2, 0.25) is 0 Å². The molecule has 0 spiro atoms. The molecule has 0 amide bonds. The fraction of sp³-hybridized carbons (Fsp3) is 0.333. The van der Waals surface area contributed by atoms with Crippen LogP contribution in [0.25, 0.3) is 0 Å². The summed E-state index contributed by atoms with van der Waals surface area (Å²) in [6, 6.07) is 22.3. The number of aromatic nitrogens is 2. The average molecular weight is 569 g/mol. The second-order valence-corrected chi connectivity index (χ2v) is 13.8. The van der Waals surface area contributed by atoms with Crippen molar-refractivity contribution in [1.82, 2.24) is 9.97 Å². The molecule has 7 rings (SSSR count). The fourth-order valence-electron chi connectivity index (χ4n) is 5.88. The molecule has 1 aliphatic carbocycles. The number of hydrogen-bond donors (Lipinski definition) is 0. The molecule has 0 saturated heterocycles. The second kappa shape index (κ2) is 11.5. The van der Waals surface area contributed by atoms with Gasteiger partial charge in [0.25, 0.3) is 0 Å². The summed E-state index contributed by atoms with van der Waals surface area (Å²) in [5.41, 5.74) is 4.95. The van der Waals surface area contributed by atoms with Crippen LogP contribution in [0.3, 0.4) is 0 Å². The summed E-state index contributed by atoms with van der Waals surface area (Å²) in [5, 5.41) is 0. The van der Waals surface area contributed by atoms with Crippen molar-refractivity contribution < 1.29 is 4.48 Å². The van der Waals surface area contributed by atoms with E-state index in [2.05, 4.69) is 108 Å². The number of benzene rings is 2. The van der Waals surface area contributed by atoms with Gasteiger partial charge in [0.1, 0.15) is 0 Å². The Labute approximate surface area is 247 Å². The van der Waals surface area contributed by atoms with E-state index < -0.39 is 0 Å². The van der Waals surface area contributed by atoms with E-state index in [4.69, 9.17) is 0 Å². The van der Waals surface area contributed by atoms with Gasteiger partial charge in [-0.15, -0.1) is 0 Å². The molecular weight excluding hydrogens is 531 g/mol. The van der Waals surface area contributed by atoms with Gasteiger partial charge >= 0.3 is 0 Å². The Morgan fingerprint density at radius 2 is 1.02 bits per heavy atom. The van der Waals surface area contributed by atoms with Gasteiger partial charge < -0.3 is 14.3 Å². The van der Waals surface area contributed by atoms with Crippen LogP contribution in [0.15, 0.2) is 105 Å². The van der Waals surface area contributed by atoms with Crippen LogP contribution in [0.5, 0.6) is 0 Å². The molecule has 5 nitrogen and oxygen atoms in total. The van der Waals surface area contributed by atoms with Gasteiger partial charge in [-0.2, -0.15) is 0 Å². The van der Waals surface area contributed by atoms with Crippen LogP contribution in [0.2, 0.25) is 0 Å². The van der Waals surface area contributed by atoms with E-state index in [1.54, 1.807) is 0 Å². The molecule has 0 bridgehead atoms. The molecule has 2 aromatic heterocycles. The molecule has 2 aromatic carbocycles. The Morgan fingerprint density at radius 1 is 0.625 bits per heavy atom. The van der Waals surface area contributed by atoms with Crippen LogP contribution in [0, 0.1) is 0 Å². The number of quaternary nitrogens is 1. The number of rotatable bonds is 6. The predicted molar refractivity (Wildman–Crippen MR) is 168 cm³/mol. The van der Waals surface area contributed by atoms with Crippen LogP contribution in [0.1, 0.15) is 33.1 Å². The third kappa shape index (κ3) is 5.73. The zero-order valence-corrected chi connectivity index (χ0v) is 25.5. The maximum absolute atomic E-state index is 4.48. The minimum atomic E-state index is 0.297. The maximum Gasteiger partial charge on any atom is 0.0991 e. The van der Waals surface area contributed by atoms with E-state index in [1.807, 2.05) is 48.3 Å². The van der Waals surface area contributed by atoms with Crippen LogP contribution in [0.4, 0.5) is 22.7 Å². The first-order valence-corrected chi connectivity index (χ1v) is 15.9. The zero-order chi connectivity index (χ0) is 27.7. The highest BCUT2D eigenvalue weighted by atomic mass is 32.2. The molecule has 4 heterocycles. The molecule has 2 aliphatic heterocycles. The Bertz CT molecular complexity index is 1290. The number of para-hydroxylation sites is 2. The van der Waals surface area contributed by atoms with E-state index in [0.29, 0.717) is 12.1 Å². The molecule has 4 aromatic rings. The van der Waals surface area contributed by atoms with Gasteiger partial charge in [-0.1, -0.05) is 67.1 Å². The van der Waals surface area contributed by atoms with Crippen molar-refractivity contribution in [2.75, 3.05) is 37.0 Å². The van der Waals surface area contributed by atoms with Crippen LogP contribution in [-0.4, -0.2) is 53.7 Å². The summed E-state index contributed by atoms with van der Waals surface area (Å²) >= 11 is 3.67. The third-order valence-corrected chi connectivity index (χ3v) is 9.74. The van der Waals surface area contributed by atoms with Gasteiger partial charge in [-0.05, 0) is 50.2 Å². The summed E-state index contributed by atoms with van der Waals surface area (Å²) in [7, 11) is 4.72. The first-order chi connectivity index (χ1) is 19.4. The summed E-state index contributed by atoms with van der Waals surface area (Å²) in [6.45, 7) is 6.70. The molecule has 206 valence electrons. The zero-order valence-electron chi connectivity index (χ0n) is 23.8. The molecule has 2 atom stereocenters. The first-order valence-electron chi connectivity index (χ1n) is 14.2. The number of nitrogens with zero attached hydrogens (tertiary/aromatic N) is 5. The first kappa shape index (κ1) is 27.2. The molecule has 40 heavy (non-hydrogen) atoms. The number of hydrogen-bond acceptors (Lipinski definition) is 6. The number of likely N-dealkylation sites (N-methyl/N-ethyl adjacent to an activating group) is 1. The fourth-order valence-corrected chi connectivity index (χ4v) is 7.96. The molecule has 0 radical (unpaired) electrons. The van der Waals surface area contributed by atoms with Crippen molar-refractivity contribution in [3.63, 3.8) is 0 Å². The quantitative estimate of drug-likeness (QED) is 0.217. The van der Waals surface area contributed by atoms with Gasteiger partial charge in [0.05, 0.1) is 74.4 Å². The topological polar surface area (TPSA) is 32.3 Å². The van der Waals surface area contributed by atoms with Crippen LogP contribution >= 0.6 is 23.5 Å². The molecule has 2 unspecified atom stereocenters. The Kier molecular flexibility index (Phi) is 7.80. The highest BCUT2D eigenvalue weighted by molar-refractivity contribution is 8.00. The van der Waals surface area contributed by atoms with Crippen molar-refractivity contribution in [1.29, 1.82) is 0 Å².